The van der Waals surface area contributed by atoms with E-state index in [1.807, 2.05) is 30.3 Å². The van der Waals surface area contributed by atoms with Crippen LogP contribution in [0.15, 0.2) is 48.5 Å². The summed E-state index contributed by atoms with van der Waals surface area (Å²) >= 11 is 5.81. The first kappa shape index (κ1) is 14.5. The van der Waals surface area contributed by atoms with Crippen molar-refractivity contribution in [2.75, 3.05) is 6.54 Å². The Labute approximate surface area is 123 Å². The number of nitrogens with one attached hydrogen (secondary N) is 1. The second kappa shape index (κ2) is 7.06. The van der Waals surface area contributed by atoms with Crippen molar-refractivity contribution in [3.05, 3.63) is 70.2 Å². The molecule has 0 saturated heterocycles. The van der Waals surface area contributed by atoms with Crippen LogP contribution in [0, 0.1) is 11.3 Å². The summed E-state index contributed by atoms with van der Waals surface area (Å²) in [7, 11) is 0. The number of aliphatic hydroxyl groups is 1. The summed E-state index contributed by atoms with van der Waals surface area (Å²) in [5.41, 5.74) is 2.49. The minimum atomic E-state index is -0.577. The highest BCUT2D eigenvalue weighted by atomic mass is 35.5. The molecule has 2 rings (SSSR count). The summed E-state index contributed by atoms with van der Waals surface area (Å²) in [5.74, 6) is 0. The van der Waals surface area contributed by atoms with Gasteiger partial charge in [-0.05, 0) is 35.4 Å². The van der Waals surface area contributed by atoms with Crippen LogP contribution in [0.1, 0.15) is 22.8 Å². The Morgan fingerprint density at radius 1 is 1.20 bits per heavy atom. The molecule has 0 aliphatic heterocycles. The van der Waals surface area contributed by atoms with Gasteiger partial charge in [0.25, 0.3) is 0 Å². The van der Waals surface area contributed by atoms with Crippen molar-refractivity contribution in [3.8, 4) is 6.07 Å². The number of benzene rings is 2. The van der Waals surface area contributed by atoms with Gasteiger partial charge in [-0.2, -0.15) is 5.26 Å². The molecule has 0 bridgehead atoms. The van der Waals surface area contributed by atoms with Gasteiger partial charge in [-0.1, -0.05) is 35.9 Å². The first-order valence-electron chi connectivity index (χ1n) is 6.32. The second-order valence-corrected chi connectivity index (χ2v) is 4.95. The van der Waals surface area contributed by atoms with E-state index in [1.54, 1.807) is 18.2 Å². The molecule has 0 spiro atoms. The first-order chi connectivity index (χ1) is 9.69. The molecule has 0 aliphatic carbocycles. The van der Waals surface area contributed by atoms with Crippen molar-refractivity contribution < 1.29 is 5.11 Å². The zero-order valence-corrected chi connectivity index (χ0v) is 11.6. The number of halogens is 1. The Bertz CT molecular complexity index is 605. The van der Waals surface area contributed by atoms with Crippen LogP contribution in [0.5, 0.6) is 0 Å². The zero-order chi connectivity index (χ0) is 14.4. The highest BCUT2D eigenvalue weighted by Crippen LogP contribution is 2.15. The molecule has 3 nitrogen and oxygen atoms in total. The average Bonchev–Trinajstić information content (AvgIpc) is 2.48. The van der Waals surface area contributed by atoms with Crippen molar-refractivity contribution >= 4 is 11.6 Å². The van der Waals surface area contributed by atoms with E-state index in [0.29, 0.717) is 23.7 Å². The van der Waals surface area contributed by atoms with Crippen LogP contribution in [-0.4, -0.2) is 11.7 Å². The van der Waals surface area contributed by atoms with E-state index in [0.717, 1.165) is 11.1 Å². The van der Waals surface area contributed by atoms with E-state index in [-0.39, 0.29) is 0 Å². The molecule has 0 aromatic heterocycles. The quantitative estimate of drug-likeness (QED) is 0.888. The normalized spacial score (nSPS) is 11.8. The SMILES string of the molecule is N#Cc1cccc(CNCC(O)c2ccc(Cl)cc2)c1. The van der Waals surface area contributed by atoms with E-state index >= 15 is 0 Å². The van der Waals surface area contributed by atoms with E-state index in [1.165, 1.54) is 0 Å². The number of hydrogen-bond donors (Lipinski definition) is 2. The van der Waals surface area contributed by atoms with E-state index < -0.39 is 6.10 Å². The van der Waals surface area contributed by atoms with E-state index in [2.05, 4.69) is 11.4 Å². The lowest BCUT2D eigenvalue weighted by atomic mass is 10.1. The summed E-state index contributed by atoms with van der Waals surface area (Å²) in [4.78, 5) is 0. The van der Waals surface area contributed by atoms with Gasteiger partial charge in [-0.3, -0.25) is 0 Å². The number of rotatable bonds is 5. The molecule has 20 heavy (non-hydrogen) atoms. The highest BCUT2D eigenvalue weighted by Gasteiger charge is 2.06. The number of nitriles is 1. The van der Waals surface area contributed by atoms with Gasteiger partial charge >= 0.3 is 0 Å². The molecule has 0 aliphatic rings. The van der Waals surface area contributed by atoms with Gasteiger partial charge in [-0.25, -0.2) is 0 Å². The van der Waals surface area contributed by atoms with Crippen molar-refractivity contribution in [2.45, 2.75) is 12.6 Å². The first-order valence-corrected chi connectivity index (χ1v) is 6.70. The predicted octanol–water partition coefficient (Wildman–Crippen LogP) is 3.03. The Hall–Kier alpha value is -1.86. The van der Waals surface area contributed by atoms with Crippen molar-refractivity contribution in [1.82, 2.24) is 5.32 Å². The van der Waals surface area contributed by atoms with Gasteiger partial charge in [0.2, 0.25) is 0 Å². The monoisotopic (exact) mass is 286 g/mol. The molecule has 1 atom stereocenters. The molecular weight excluding hydrogens is 272 g/mol. The molecule has 102 valence electrons. The lowest BCUT2D eigenvalue weighted by Crippen LogP contribution is -2.21. The maximum Gasteiger partial charge on any atom is 0.0991 e. The van der Waals surface area contributed by atoms with Crippen LogP contribution in [0.3, 0.4) is 0 Å². The molecule has 1 unspecified atom stereocenters. The molecule has 0 radical (unpaired) electrons. The molecule has 2 N–H and O–H groups in total. The smallest absolute Gasteiger partial charge is 0.0991 e. The third-order valence-corrected chi connectivity index (χ3v) is 3.23. The van der Waals surface area contributed by atoms with Crippen molar-refractivity contribution in [3.63, 3.8) is 0 Å². The fraction of sp³-hybridized carbons (Fsp3) is 0.188. The van der Waals surface area contributed by atoms with Gasteiger partial charge in [-0.15, -0.1) is 0 Å². The Kier molecular flexibility index (Phi) is 5.14. The molecule has 2 aromatic rings. The van der Waals surface area contributed by atoms with Crippen LogP contribution >= 0.6 is 11.6 Å². The molecule has 0 amide bonds. The van der Waals surface area contributed by atoms with Gasteiger partial charge in [0.1, 0.15) is 0 Å². The summed E-state index contributed by atoms with van der Waals surface area (Å²) in [6.07, 6.45) is -0.577. The third-order valence-electron chi connectivity index (χ3n) is 2.98. The molecule has 0 heterocycles. The van der Waals surface area contributed by atoms with Gasteiger partial charge in [0.15, 0.2) is 0 Å². The number of hydrogen-bond acceptors (Lipinski definition) is 3. The highest BCUT2D eigenvalue weighted by molar-refractivity contribution is 6.30. The molecule has 0 fully saturated rings. The van der Waals surface area contributed by atoms with Gasteiger partial charge < -0.3 is 10.4 Å². The lowest BCUT2D eigenvalue weighted by Gasteiger charge is -2.12. The minimum Gasteiger partial charge on any atom is -0.387 e. The predicted molar refractivity (Wildman–Crippen MR) is 79.3 cm³/mol. The number of aliphatic hydroxyl groups excluding tert-OH is 1. The standard InChI is InChI=1S/C16H15ClN2O/c17-15-6-4-14(5-7-15)16(20)11-19-10-13-3-1-2-12(8-13)9-18/h1-8,16,19-20H,10-11H2. The zero-order valence-electron chi connectivity index (χ0n) is 10.9. The van der Waals surface area contributed by atoms with Crippen LogP contribution in [0.4, 0.5) is 0 Å². The summed E-state index contributed by atoms with van der Waals surface area (Å²) in [5, 5.41) is 22.7. The maximum atomic E-state index is 10.0. The Morgan fingerprint density at radius 3 is 2.65 bits per heavy atom. The van der Waals surface area contributed by atoms with Gasteiger partial charge in [0.05, 0.1) is 17.7 Å². The second-order valence-electron chi connectivity index (χ2n) is 4.51. The molecule has 4 heteroatoms. The molecular formula is C16H15ClN2O. The van der Waals surface area contributed by atoms with E-state index in [4.69, 9.17) is 16.9 Å². The number of nitrogens with zero attached hydrogens (tertiary/aromatic N) is 1. The van der Waals surface area contributed by atoms with Crippen LogP contribution in [-0.2, 0) is 6.54 Å². The van der Waals surface area contributed by atoms with E-state index in [9.17, 15) is 5.11 Å². The van der Waals surface area contributed by atoms with Crippen LogP contribution in [0.25, 0.3) is 0 Å². The van der Waals surface area contributed by atoms with Crippen LogP contribution in [0.2, 0.25) is 5.02 Å². The topological polar surface area (TPSA) is 56.0 Å². The Morgan fingerprint density at radius 2 is 1.95 bits per heavy atom. The van der Waals surface area contributed by atoms with Gasteiger partial charge in [0, 0.05) is 18.1 Å². The summed E-state index contributed by atoms with van der Waals surface area (Å²) < 4.78 is 0. The van der Waals surface area contributed by atoms with Crippen molar-refractivity contribution in [2.24, 2.45) is 0 Å². The maximum absolute atomic E-state index is 10.0. The minimum absolute atomic E-state index is 0.443. The summed E-state index contributed by atoms with van der Waals surface area (Å²) in [6.45, 7) is 1.05. The molecule has 2 aromatic carbocycles. The largest absolute Gasteiger partial charge is 0.387 e. The van der Waals surface area contributed by atoms with Crippen molar-refractivity contribution in [1.29, 1.82) is 5.26 Å². The fourth-order valence-electron chi connectivity index (χ4n) is 1.91. The molecule has 0 saturated carbocycles. The van der Waals surface area contributed by atoms with Crippen LogP contribution < -0.4 is 5.32 Å². The summed E-state index contributed by atoms with van der Waals surface area (Å²) in [6, 6.07) is 16.7. The Balaban J connectivity index is 1.86. The lowest BCUT2D eigenvalue weighted by molar-refractivity contribution is 0.174. The fourth-order valence-corrected chi connectivity index (χ4v) is 2.03. The third kappa shape index (κ3) is 4.07. The average molecular weight is 287 g/mol.